The molecule has 5 nitrogen and oxygen atoms in total. The maximum absolute atomic E-state index is 12.7. The Morgan fingerprint density at radius 3 is 2.69 bits per heavy atom. The van der Waals surface area contributed by atoms with Crippen LogP contribution in [0, 0.1) is 31.1 Å². The van der Waals surface area contributed by atoms with Crippen LogP contribution < -0.4 is 0 Å². The van der Waals surface area contributed by atoms with E-state index in [9.17, 15) is 10.1 Å². The smallest absolute Gasteiger partial charge is 0.264 e. The Kier molecular flexibility index (Phi) is 5.83. The minimum absolute atomic E-state index is 0.136. The molecular formula is C21H29N3O2. The van der Waals surface area contributed by atoms with Gasteiger partial charge in [-0.3, -0.25) is 4.79 Å². The molecule has 1 aromatic heterocycles. The third-order valence-electron chi connectivity index (χ3n) is 5.74. The van der Waals surface area contributed by atoms with Gasteiger partial charge in [-0.25, -0.2) is 0 Å². The summed E-state index contributed by atoms with van der Waals surface area (Å²) in [4.78, 5) is 14.6. The van der Waals surface area contributed by atoms with Crippen LogP contribution in [0.4, 0.5) is 0 Å². The number of aryl methyl sites for hydroxylation is 1. The molecule has 0 spiro atoms. The quantitative estimate of drug-likeness (QED) is 0.614. The van der Waals surface area contributed by atoms with Crippen LogP contribution in [0.3, 0.4) is 0 Å². The van der Waals surface area contributed by atoms with Gasteiger partial charge in [-0.2, -0.15) is 5.26 Å². The van der Waals surface area contributed by atoms with Crippen molar-refractivity contribution < 1.29 is 9.53 Å². The van der Waals surface area contributed by atoms with E-state index in [2.05, 4.69) is 37.5 Å². The molecule has 1 aromatic rings. The van der Waals surface area contributed by atoms with E-state index in [-0.39, 0.29) is 17.6 Å². The van der Waals surface area contributed by atoms with Crippen LogP contribution >= 0.6 is 0 Å². The van der Waals surface area contributed by atoms with Crippen molar-refractivity contribution >= 4 is 12.0 Å². The van der Waals surface area contributed by atoms with Gasteiger partial charge in [0.1, 0.15) is 11.6 Å². The summed E-state index contributed by atoms with van der Waals surface area (Å²) in [6, 6.07) is 4.19. The van der Waals surface area contributed by atoms with E-state index in [4.69, 9.17) is 4.74 Å². The Hall–Kier alpha value is -2.06. The number of rotatable bonds is 4. The first-order valence-electron chi connectivity index (χ1n) is 9.69. The zero-order valence-corrected chi connectivity index (χ0v) is 16.1. The monoisotopic (exact) mass is 355 g/mol. The van der Waals surface area contributed by atoms with Crippen molar-refractivity contribution in [3.63, 3.8) is 0 Å². The molecular weight excluding hydrogens is 326 g/mol. The van der Waals surface area contributed by atoms with Gasteiger partial charge in [0.15, 0.2) is 0 Å². The number of likely N-dealkylation sites (tertiary alicyclic amines) is 1. The number of amides is 1. The number of nitrogens with zero attached hydrogens (tertiary/aromatic N) is 3. The molecule has 0 aromatic carbocycles. The molecule has 2 saturated heterocycles. The summed E-state index contributed by atoms with van der Waals surface area (Å²) >= 11 is 0. The molecule has 1 amide bonds. The molecule has 26 heavy (non-hydrogen) atoms. The Labute approximate surface area is 156 Å². The summed E-state index contributed by atoms with van der Waals surface area (Å²) < 4.78 is 8.00. The Bertz CT molecular complexity index is 727. The number of carbonyl (C=O) groups excluding carboxylic acids is 1. The topological polar surface area (TPSA) is 58.3 Å². The maximum Gasteiger partial charge on any atom is 0.264 e. The van der Waals surface area contributed by atoms with E-state index in [1.54, 1.807) is 6.08 Å². The number of piperidine rings is 1. The van der Waals surface area contributed by atoms with Crippen molar-refractivity contribution in [1.82, 2.24) is 9.47 Å². The zero-order valence-electron chi connectivity index (χ0n) is 16.1. The second-order valence-corrected chi connectivity index (χ2v) is 7.72. The molecule has 0 aliphatic carbocycles. The highest BCUT2D eigenvalue weighted by molar-refractivity contribution is 6.01. The van der Waals surface area contributed by atoms with Gasteiger partial charge in [-0.15, -0.1) is 0 Å². The van der Waals surface area contributed by atoms with Crippen molar-refractivity contribution in [1.29, 1.82) is 5.26 Å². The predicted octanol–water partition coefficient (Wildman–Crippen LogP) is 3.45. The van der Waals surface area contributed by atoms with E-state index in [0.29, 0.717) is 5.92 Å². The Morgan fingerprint density at radius 2 is 2.08 bits per heavy atom. The van der Waals surface area contributed by atoms with E-state index < -0.39 is 0 Å². The average Bonchev–Trinajstić information content (AvgIpc) is 3.24. The highest BCUT2D eigenvalue weighted by Gasteiger charge is 2.24. The van der Waals surface area contributed by atoms with Gasteiger partial charge in [0, 0.05) is 37.6 Å². The molecule has 0 bridgehead atoms. The van der Waals surface area contributed by atoms with Gasteiger partial charge in [0.2, 0.25) is 0 Å². The molecule has 2 aliphatic heterocycles. The second kappa shape index (κ2) is 8.09. The Morgan fingerprint density at radius 1 is 1.35 bits per heavy atom. The molecule has 0 unspecified atom stereocenters. The lowest BCUT2D eigenvalue weighted by molar-refractivity contribution is -0.127. The van der Waals surface area contributed by atoms with Crippen LogP contribution in [0.25, 0.3) is 6.08 Å². The minimum atomic E-state index is -0.136. The van der Waals surface area contributed by atoms with Gasteiger partial charge in [0.05, 0.1) is 6.10 Å². The van der Waals surface area contributed by atoms with Crippen molar-refractivity contribution in [2.24, 2.45) is 5.92 Å². The van der Waals surface area contributed by atoms with E-state index in [0.717, 1.165) is 68.9 Å². The number of hydrogen-bond acceptors (Lipinski definition) is 3. The van der Waals surface area contributed by atoms with Crippen LogP contribution in [0.2, 0.25) is 0 Å². The molecule has 3 heterocycles. The van der Waals surface area contributed by atoms with Crippen LogP contribution in [0.15, 0.2) is 11.6 Å². The maximum atomic E-state index is 12.7. The van der Waals surface area contributed by atoms with Gasteiger partial charge < -0.3 is 14.2 Å². The van der Waals surface area contributed by atoms with E-state index in [1.807, 2.05) is 4.90 Å². The lowest BCUT2D eigenvalue weighted by Crippen LogP contribution is -2.38. The summed E-state index contributed by atoms with van der Waals surface area (Å²) in [7, 11) is 0. The van der Waals surface area contributed by atoms with Crippen LogP contribution in [-0.4, -0.2) is 41.2 Å². The van der Waals surface area contributed by atoms with Gasteiger partial charge in [0.25, 0.3) is 5.91 Å². The molecule has 2 aliphatic rings. The molecule has 3 rings (SSSR count). The largest absolute Gasteiger partial charge is 0.376 e. The zero-order chi connectivity index (χ0) is 18.7. The van der Waals surface area contributed by atoms with Gasteiger partial charge in [-0.05, 0) is 63.2 Å². The fourth-order valence-electron chi connectivity index (χ4n) is 3.93. The standard InChI is InChI=1S/C21H29N3O2/c1-15-6-8-23(9-7-15)21(25)19(13-22)12-18-11-16(2)24(17(18)3)14-20-5-4-10-26-20/h11-12,15,20H,4-10,14H2,1-3H3/b19-12-/t20-/m1/s1. The molecule has 0 saturated carbocycles. The molecule has 0 radical (unpaired) electrons. The summed E-state index contributed by atoms with van der Waals surface area (Å²) in [5.74, 6) is 0.522. The number of hydrogen-bond donors (Lipinski definition) is 0. The SMILES string of the molecule is Cc1cc(/C=C(/C#N)C(=O)N2CCC(C)CC2)c(C)n1C[C@H]1CCCO1. The van der Waals surface area contributed by atoms with Gasteiger partial charge >= 0.3 is 0 Å². The number of aromatic nitrogens is 1. The summed E-state index contributed by atoms with van der Waals surface area (Å²) in [5.41, 5.74) is 3.42. The fourth-order valence-corrected chi connectivity index (χ4v) is 3.93. The van der Waals surface area contributed by atoms with Crippen molar-refractivity contribution in [3.8, 4) is 6.07 Å². The summed E-state index contributed by atoms with van der Waals surface area (Å²) in [6.07, 6.45) is 6.27. The third kappa shape index (κ3) is 4.02. The summed E-state index contributed by atoms with van der Waals surface area (Å²) in [6.45, 7) is 9.51. The second-order valence-electron chi connectivity index (χ2n) is 7.72. The molecule has 0 N–H and O–H groups in total. The predicted molar refractivity (Wildman–Crippen MR) is 101 cm³/mol. The Balaban J connectivity index is 1.78. The normalized spacial score (nSPS) is 21.8. The van der Waals surface area contributed by atoms with E-state index >= 15 is 0 Å². The summed E-state index contributed by atoms with van der Waals surface area (Å²) in [5, 5.41) is 9.54. The van der Waals surface area contributed by atoms with E-state index in [1.165, 1.54) is 0 Å². The molecule has 2 fully saturated rings. The fraction of sp³-hybridized carbons (Fsp3) is 0.619. The third-order valence-corrected chi connectivity index (χ3v) is 5.74. The van der Waals surface area contributed by atoms with Crippen LogP contribution in [-0.2, 0) is 16.1 Å². The first-order chi connectivity index (χ1) is 12.5. The van der Waals surface area contributed by atoms with Crippen molar-refractivity contribution in [2.45, 2.75) is 59.1 Å². The van der Waals surface area contributed by atoms with Crippen molar-refractivity contribution in [2.75, 3.05) is 19.7 Å². The van der Waals surface area contributed by atoms with Crippen molar-refractivity contribution in [3.05, 3.63) is 28.6 Å². The molecule has 5 heteroatoms. The lowest BCUT2D eigenvalue weighted by Gasteiger charge is -2.30. The number of ether oxygens (including phenoxy) is 1. The first kappa shape index (κ1) is 18.7. The first-order valence-corrected chi connectivity index (χ1v) is 9.69. The molecule has 1 atom stereocenters. The molecule has 140 valence electrons. The number of nitriles is 1. The highest BCUT2D eigenvalue weighted by Crippen LogP contribution is 2.23. The lowest BCUT2D eigenvalue weighted by atomic mass is 9.98. The van der Waals surface area contributed by atoms with Crippen LogP contribution in [0.5, 0.6) is 0 Å². The van der Waals surface area contributed by atoms with Gasteiger partial charge in [-0.1, -0.05) is 6.92 Å². The van der Waals surface area contributed by atoms with Crippen LogP contribution in [0.1, 0.15) is 49.6 Å². The highest BCUT2D eigenvalue weighted by atomic mass is 16.5. The average molecular weight is 355 g/mol. The minimum Gasteiger partial charge on any atom is -0.376 e. The number of carbonyl (C=O) groups is 1.